The molecular weight excluding hydrogens is 316 g/mol. The lowest BCUT2D eigenvalue weighted by Crippen LogP contribution is -2.49. The number of nitrogens with zero attached hydrogens (tertiary/aromatic N) is 1. The topological polar surface area (TPSA) is 73.5 Å². The number of fused-ring (bicyclic) bond motifs is 2. The number of carbonyl (C=O) groups is 2. The van der Waals surface area contributed by atoms with Crippen LogP contribution in [0.2, 0.25) is 0 Å². The van der Waals surface area contributed by atoms with E-state index < -0.39 is 0 Å². The molecule has 0 saturated carbocycles. The van der Waals surface area contributed by atoms with E-state index in [-0.39, 0.29) is 17.9 Å². The van der Waals surface area contributed by atoms with Crippen molar-refractivity contribution in [3.63, 3.8) is 0 Å². The molecule has 2 bridgehead atoms. The standard InChI is InChI=1S/C19H34N4O2/c1-13(2)11-20-19(25)23-7-3-4-14(12-23)8-18(24)22-17-9-15-5-6-16(10-17)21-15/h13-17,21H,3-12H2,1-2H3,(H,20,25)(H,22,24). The van der Waals surface area contributed by atoms with Gasteiger partial charge in [-0.25, -0.2) is 4.79 Å². The van der Waals surface area contributed by atoms with Crippen molar-refractivity contribution in [3.8, 4) is 0 Å². The first kappa shape index (κ1) is 18.5. The van der Waals surface area contributed by atoms with Crippen LogP contribution in [0, 0.1) is 11.8 Å². The van der Waals surface area contributed by atoms with Crippen molar-refractivity contribution in [2.75, 3.05) is 19.6 Å². The Morgan fingerprint density at radius 1 is 1.16 bits per heavy atom. The molecule has 3 heterocycles. The molecule has 3 amide bonds. The highest BCUT2D eigenvalue weighted by atomic mass is 16.2. The first-order valence-electron chi connectivity index (χ1n) is 10.1. The van der Waals surface area contributed by atoms with E-state index in [1.165, 1.54) is 12.8 Å². The monoisotopic (exact) mass is 350 g/mol. The van der Waals surface area contributed by atoms with Gasteiger partial charge in [0.1, 0.15) is 0 Å². The van der Waals surface area contributed by atoms with E-state index in [2.05, 4.69) is 29.8 Å². The molecule has 3 saturated heterocycles. The third-order valence-electron chi connectivity index (χ3n) is 5.78. The predicted octanol–water partition coefficient (Wildman–Crippen LogP) is 1.85. The second kappa shape index (κ2) is 8.39. The lowest BCUT2D eigenvalue weighted by atomic mass is 9.93. The lowest BCUT2D eigenvalue weighted by molar-refractivity contribution is -0.123. The van der Waals surface area contributed by atoms with Crippen LogP contribution < -0.4 is 16.0 Å². The normalized spacial score (nSPS) is 31.9. The summed E-state index contributed by atoms with van der Waals surface area (Å²) in [5.74, 6) is 0.910. The van der Waals surface area contributed by atoms with Crippen molar-refractivity contribution < 1.29 is 9.59 Å². The highest BCUT2D eigenvalue weighted by molar-refractivity contribution is 5.77. The summed E-state index contributed by atoms with van der Waals surface area (Å²) in [6.07, 6.45) is 7.21. The van der Waals surface area contributed by atoms with Crippen LogP contribution in [0.25, 0.3) is 0 Å². The molecule has 6 heteroatoms. The molecule has 6 nitrogen and oxygen atoms in total. The van der Waals surface area contributed by atoms with Crippen molar-refractivity contribution in [1.29, 1.82) is 0 Å². The first-order chi connectivity index (χ1) is 12.0. The molecule has 0 aliphatic carbocycles. The molecule has 3 rings (SSSR count). The quantitative estimate of drug-likeness (QED) is 0.708. The fourth-order valence-corrected chi connectivity index (χ4v) is 4.54. The minimum Gasteiger partial charge on any atom is -0.353 e. The summed E-state index contributed by atoms with van der Waals surface area (Å²) in [6, 6.07) is 1.55. The van der Waals surface area contributed by atoms with E-state index in [9.17, 15) is 9.59 Å². The van der Waals surface area contributed by atoms with E-state index in [0.29, 0.717) is 43.6 Å². The number of nitrogens with one attached hydrogen (secondary N) is 3. The first-order valence-corrected chi connectivity index (χ1v) is 10.1. The van der Waals surface area contributed by atoms with E-state index in [4.69, 9.17) is 0 Å². The predicted molar refractivity (Wildman–Crippen MR) is 98.3 cm³/mol. The molecule has 3 N–H and O–H groups in total. The minimum atomic E-state index is 0.0220. The summed E-state index contributed by atoms with van der Waals surface area (Å²) >= 11 is 0. The highest BCUT2D eigenvalue weighted by Crippen LogP contribution is 2.27. The number of hydrogen-bond donors (Lipinski definition) is 3. The van der Waals surface area contributed by atoms with Crippen molar-refractivity contribution in [2.24, 2.45) is 11.8 Å². The molecule has 0 radical (unpaired) electrons. The number of piperidine rings is 2. The third kappa shape index (κ3) is 5.33. The minimum absolute atomic E-state index is 0.0220. The number of rotatable bonds is 5. The van der Waals surface area contributed by atoms with Gasteiger partial charge in [0.05, 0.1) is 0 Å². The molecule has 3 aliphatic heterocycles. The number of urea groups is 1. The molecule has 142 valence electrons. The van der Waals surface area contributed by atoms with Crippen LogP contribution >= 0.6 is 0 Å². The Kier molecular flexibility index (Phi) is 6.20. The maximum Gasteiger partial charge on any atom is 0.317 e. The van der Waals surface area contributed by atoms with Crippen LogP contribution in [-0.2, 0) is 4.79 Å². The number of amides is 3. The summed E-state index contributed by atoms with van der Waals surface area (Å²) in [7, 11) is 0. The molecule has 3 fully saturated rings. The highest BCUT2D eigenvalue weighted by Gasteiger charge is 2.34. The maximum absolute atomic E-state index is 12.5. The zero-order valence-corrected chi connectivity index (χ0v) is 15.7. The fraction of sp³-hybridized carbons (Fsp3) is 0.895. The van der Waals surface area contributed by atoms with Crippen LogP contribution in [0.1, 0.15) is 58.8 Å². The van der Waals surface area contributed by atoms with Gasteiger partial charge in [0.15, 0.2) is 0 Å². The molecule has 3 unspecified atom stereocenters. The van der Waals surface area contributed by atoms with Crippen molar-refractivity contribution in [2.45, 2.75) is 76.9 Å². The lowest BCUT2D eigenvalue weighted by Gasteiger charge is -2.34. The Bertz CT molecular complexity index is 470. The Morgan fingerprint density at radius 2 is 1.88 bits per heavy atom. The zero-order valence-electron chi connectivity index (χ0n) is 15.7. The van der Waals surface area contributed by atoms with Crippen LogP contribution in [0.15, 0.2) is 0 Å². The second-order valence-corrected chi connectivity index (χ2v) is 8.61. The van der Waals surface area contributed by atoms with Gasteiger partial charge >= 0.3 is 6.03 Å². The zero-order chi connectivity index (χ0) is 17.8. The fourth-order valence-electron chi connectivity index (χ4n) is 4.54. The largest absolute Gasteiger partial charge is 0.353 e. The van der Waals surface area contributed by atoms with Gasteiger partial charge in [0, 0.05) is 44.2 Å². The van der Waals surface area contributed by atoms with E-state index >= 15 is 0 Å². The molecule has 25 heavy (non-hydrogen) atoms. The molecule has 0 spiro atoms. The average Bonchev–Trinajstić information content (AvgIpc) is 2.91. The van der Waals surface area contributed by atoms with E-state index in [1.807, 2.05) is 4.90 Å². The summed E-state index contributed by atoms with van der Waals surface area (Å²) in [5, 5.41) is 9.85. The van der Waals surface area contributed by atoms with Crippen LogP contribution in [0.4, 0.5) is 4.79 Å². The van der Waals surface area contributed by atoms with Gasteiger partial charge in [-0.15, -0.1) is 0 Å². The maximum atomic E-state index is 12.5. The number of carbonyl (C=O) groups excluding carboxylic acids is 2. The van der Waals surface area contributed by atoms with E-state index in [0.717, 1.165) is 32.2 Å². The average molecular weight is 351 g/mol. The Labute approximate surface area is 151 Å². The summed E-state index contributed by atoms with van der Waals surface area (Å²) in [6.45, 7) is 6.40. The molecular formula is C19H34N4O2. The SMILES string of the molecule is CC(C)CNC(=O)N1CCCC(CC(=O)NC2CC3CCC(C2)N3)C1. The Balaban J connectivity index is 1.41. The third-order valence-corrected chi connectivity index (χ3v) is 5.78. The number of hydrogen-bond acceptors (Lipinski definition) is 3. The summed E-state index contributed by atoms with van der Waals surface area (Å²) < 4.78 is 0. The molecule has 3 aliphatic rings. The summed E-state index contributed by atoms with van der Waals surface area (Å²) in [5.41, 5.74) is 0. The van der Waals surface area contributed by atoms with Crippen LogP contribution in [0.3, 0.4) is 0 Å². The van der Waals surface area contributed by atoms with Gasteiger partial charge in [-0.1, -0.05) is 13.8 Å². The van der Waals surface area contributed by atoms with Gasteiger partial charge in [-0.2, -0.15) is 0 Å². The molecule has 3 atom stereocenters. The number of likely N-dealkylation sites (tertiary alicyclic amines) is 1. The van der Waals surface area contributed by atoms with Gasteiger partial charge in [0.25, 0.3) is 0 Å². The van der Waals surface area contributed by atoms with Crippen LogP contribution in [-0.4, -0.2) is 54.6 Å². The summed E-state index contributed by atoms with van der Waals surface area (Å²) in [4.78, 5) is 26.6. The van der Waals surface area contributed by atoms with Crippen LogP contribution in [0.5, 0.6) is 0 Å². The van der Waals surface area contributed by atoms with E-state index in [1.54, 1.807) is 0 Å². The molecule has 0 aromatic carbocycles. The van der Waals surface area contributed by atoms with Crippen molar-refractivity contribution in [3.05, 3.63) is 0 Å². The molecule has 0 aromatic heterocycles. The Morgan fingerprint density at radius 3 is 2.56 bits per heavy atom. The molecule has 0 aromatic rings. The van der Waals surface area contributed by atoms with Gasteiger partial charge < -0.3 is 20.9 Å². The Hall–Kier alpha value is -1.30. The second-order valence-electron chi connectivity index (χ2n) is 8.61. The smallest absolute Gasteiger partial charge is 0.317 e. The van der Waals surface area contributed by atoms with Gasteiger partial charge in [-0.05, 0) is 50.4 Å². The van der Waals surface area contributed by atoms with Gasteiger partial charge in [-0.3, -0.25) is 4.79 Å². The van der Waals surface area contributed by atoms with Crippen molar-refractivity contribution >= 4 is 11.9 Å². The van der Waals surface area contributed by atoms with Gasteiger partial charge in [0.2, 0.25) is 5.91 Å². The van der Waals surface area contributed by atoms with Crippen molar-refractivity contribution in [1.82, 2.24) is 20.9 Å².